The number of hydrogen-bond acceptors (Lipinski definition) is 6. The van der Waals surface area contributed by atoms with Crippen molar-refractivity contribution in [2.45, 2.75) is 27.7 Å². The van der Waals surface area contributed by atoms with Crippen molar-refractivity contribution in [3.05, 3.63) is 39.8 Å². The Bertz CT molecular complexity index is 848. The Kier molecular flexibility index (Phi) is 5.68. The number of aryl methyl sites for hydroxylation is 1. The van der Waals surface area contributed by atoms with E-state index in [1.807, 2.05) is 19.1 Å². The van der Waals surface area contributed by atoms with Crippen molar-refractivity contribution in [1.29, 1.82) is 10.5 Å². The van der Waals surface area contributed by atoms with E-state index in [4.69, 9.17) is 5.26 Å². The molecule has 0 amide bonds. The van der Waals surface area contributed by atoms with Crippen molar-refractivity contribution in [3.8, 4) is 12.1 Å². The van der Waals surface area contributed by atoms with Gasteiger partial charge in [0, 0.05) is 18.8 Å². The van der Waals surface area contributed by atoms with Gasteiger partial charge in [-0.1, -0.05) is 0 Å². The van der Waals surface area contributed by atoms with Crippen LogP contribution in [0.2, 0.25) is 0 Å². The number of anilines is 1. The summed E-state index contributed by atoms with van der Waals surface area (Å²) in [5, 5.41) is 27.3. The monoisotopic (exact) mass is 337 g/mol. The topological polar surface area (TPSA) is 75.5 Å². The van der Waals surface area contributed by atoms with Gasteiger partial charge < -0.3 is 4.90 Å². The summed E-state index contributed by atoms with van der Waals surface area (Å²) in [6, 6.07) is 10.3. The van der Waals surface area contributed by atoms with Gasteiger partial charge in [-0.05, 0) is 57.0 Å². The lowest BCUT2D eigenvalue weighted by Gasteiger charge is -2.21. The summed E-state index contributed by atoms with van der Waals surface area (Å²) in [5.41, 5.74) is 4.05. The molecule has 1 aromatic heterocycles. The molecule has 1 aromatic carbocycles. The fourth-order valence-electron chi connectivity index (χ4n) is 2.44. The van der Waals surface area contributed by atoms with E-state index in [-0.39, 0.29) is 0 Å². The van der Waals surface area contributed by atoms with Gasteiger partial charge in [-0.15, -0.1) is 21.6 Å². The molecule has 2 aromatic rings. The first-order valence-electron chi connectivity index (χ1n) is 7.76. The van der Waals surface area contributed by atoms with Crippen LogP contribution in [0.4, 0.5) is 16.4 Å². The molecule has 0 N–H and O–H groups in total. The standard InChI is InChI=1S/C18H19N5S/c1-5-23(6-2)14-7-8-16(12(3)9-14)21-22-18-15(10-19)13(4)17(11-20)24-18/h7-9H,5-6H2,1-4H3. The number of benzene rings is 1. The third kappa shape index (κ3) is 3.45. The van der Waals surface area contributed by atoms with Crippen LogP contribution in [0.5, 0.6) is 0 Å². The van der Waals surface area contributed by atoms with Gasteiger partial charge in [0.2, 0.25) is 0 Å². The molecule has 2 rings (SSSR count). The van der Waals surface area contributed by atoms with Crippen LogP contribution >= 0.6 is 11.3 Å². The minimum absolute atomic E-state index is 0.428. The van der Waals surface area contributed by atoms with Crippen molar-refractivity contribution in [3.63, 3.8) is 0 Å². The van der Waals surface area contributed by atoms with E-state index in [0.717, 1.165) is 30.0 Å². The summed E-state index contributed by atoms with van der Waals surface area (Å²) >= 11 is 1.20. The average Bonchev–Trinajstić information content (AvgIpc) is 2.90. The lowest BCUT2D eigenvalue weighted by atomic mass is 10.1. The average molecular weight is 337 g/mol. The summed E-state index contributed by atoms with van der Waals surface area (Å²) in [6.45, 7) is 9.91. The van der Waals surface area contributed by atoms with Crippen LogP contribution in [-0.4, -0.2) is 13.1 Å². The van der Waals surface area contributed by atoms with E-state index in [1.54, 1.807) is 6.92 Å². The summed E-state index contributed by atoms with van der Waals surface area (Å²) in [5.74, 6) is 0. The zero-order valence-corrected chi connectivity index (χ0v) is 15.1. The second-order valence-corrected chi connectivity index (χ2v) is 6.30. The molecule has 6 heteroatoms. The number of thiophene rings is 1. The SMILES string of the molecule is CCN(CC)c1ccc(N=Nc2sc(C#N)c(C)c2C#N)c(C)c1. The maximum Gasteiger partial charge on any atom is 0.158 e. The Labute approximate surface area is 146 Å². The van der Waals surface area contributed by atoms with Crippen LogP contribution in [0.3, 0.4) is 0 Å². The highest BCUT2D eigenvalue weighted by Gasteiger charge is 2.14. The molecule has 0 atom stereocenters. The first kappa shape index (κ1) is 17.7. The second kappa shape index (κ2) is 7.72. The number of nitrogens with zero attached hydrogens (tertiary/aromatic N) is 5. The minimum Gasteiger partial charge on any atom is -0.372 e. The van der Waals surface area contributed by atoms with Gasteiger partial charge in [0.25, 0.3) is 0 Å². The highest BCUT2D eigenvalue weighted by molar-refractivity contribution is 7.16. The Morgan fingerprint density at radius 2 is 1.79 bits per heavy atom. The predicted molar refractivity (Wildman–Crippen MR) is 97.4 cm³/mol. The van der Waals surface area contributed by atoms with Crippen molar-refractivity contribution in [2.75, 3.05) is 18.0 Å². The maximum absolute atomic E-state index is 9.25. The largest absolute Gasteiger partial charge is 0.372 e. The van der Waals surface area contributed by atoms with E-state index in [9.17, 15) is 5.26 Å². The number of rotatable bonds is 5. The van der Waals surface area contributed by atoms with E-state index < -0.39 is 0 Å². The molecule has 0 aliphatic heterocycles. The molecular weight excluding hydrogens is 318 g/mol. The Morgan fingerprint density at radius 1 is 1.08 bits per heavy atom. The Hall–Kier alpha value is -2.70. The Morgan fingerprint density at radius 3 is 2.33 bits per heavy atom. The van der Waals surface area contributed by atoms with Gasteiger partial charge in [-0.25, -0.2) is 0 Å². The van der Waals surface area contributed by atoms with E-state index in [2.05, 4.69) is 47.2 Å². The van der Waals surface area contributed by atoms with Gasteiger partial charge >= 0.3 is 0 Å². The first-order chi connectivity index (χ1) is 11.5. The van der Waals surface area contributed by atoms with Gasteiger partial charge in [0.05, 0.1) is 11.3 Å². The zero-order valence-electron chi connectivity index (χ0n) is 14.3. The van der Waals surface area contributed by atoms with Crippen LogP contribution in [0.1, 0.15) is 35.4 Å². The molecule has 0 aliphatic rings. The maximum atomic E-state index is 9.25. The molecule has 0 aliphatic carbocycles. The van der Waals surface area contributed by atoms with Crippen LogP contribution in [0.25, 0.3) is 0 Å². The number of nitriles is 2. The van der Waals surface area contributed by atoms with E-state index in [1.165, 1.54) is 11.3 Å². The number of hydrogen-bond donors (Lipinski definition) is 0. The zero-order chi connectivity index (χ0) is 17.7. The van der Waals surface area contributed by atoms with Crippen molar-refractivity contribution in [2.24, 2.45) is 10.2 Å². The summed E-state index contributed by atoms with van der Waals surface area (Å²) < 4.78 is 0. The molecule has 24 heavy (non-hydrogen) atoms. The molecule has 5 nitrogen and oxygen atoms in total. The molecule has 0 radical (unpaired) electrons. The van der Waals surface area contributed by atoms with Gasteiger partial charge in [0.1, 0.15) is 17.0 Å². The Balaban J connectivity index is 2.34. The lowest BCUT2D eigenvalue weighted by Crippen LogP contribution is -2.21. The summed E-state index contributed by atoms with van der Waals surface area (Å²) in [4.78, 5) is 2.78. The smallest absolute Gasteiger partial charge is 0.158 e. The van der Waals surface area contributed by atoms with Crippen molar-refractivity contribution in [1.82, 2.24) is 0 Å². The van der Waals surface area contributed by atoms with Crippen molar-refractivity contribution >= 4 is 27.7 Å². The molecule has 122 valence electrons. The minimum atomic E-state index is 0.428. The predicted octanol–water partition coefficient (Wildman–Crippen LogP) is 5.37. The normalized spacial score (nSPS) is 10.6. The number of azo groups is 1. The highest BCUT2D eigenvalue weighted by Crippen LogP contribution is 2.36. The van der Waals surface area contributed by atoms with E-state index in [0.29, 0.717) is 21.0 Å². The van der Waals surface area contributed by atoms with Crippen LogP contribution in [0, 0.1) is 36.5 Å². The molecular formula is C18H19N5S. The van der Waals surface area contributed by atoms with Crippen molar-refractivity contribution < 1.29 is 0 Å². The second-order valence-electron chi connectivity index (χ2n) is 5.30. The van der Waals surface area contributed by atoms with Gasteiger partial charge in [-0.3, -0.25) is 0 Å². The quantitative estimate of drug-likeness (QED) is 0.688. The lowest BCUT2D eigenvalue weighted by molar-refractivity contribution is 0.865. The molecule has 1 heterocycles. The highest BCUT2D eigenvalue weighted by atomic mass is 32.1. The molecule has 0 spiro atoms. The molecule has 0 unspecified atom stereocenters. The molecule has 0 bridgehead atoms. The van der Waals surface area contributed by atoms with Gasteiger partial charge in [0.15, 0.2) is 5.00 Å². The molecule has 0 fully saturated rings. The third-order valence-corrected chi connectivity index (χ3v) is 4.98. The fraction of sp³-hybridized carbons (Fsp3) is 0.333. The fourth-order valence-corrected chi connectivity index (χ4v) is 3.32. The van der Waals surface area contributed by atoms with E-state index >= 15 is 0 Å². The van der Waals surface area contributed by atoms with Crippen LogP contribution in [-0.2, 0) is 0 Å². The third-order valence-electron chi connectivity index (χ3n) is 3.90. The summed E-state index contributed by atoms with van der Waals surface area (Å²) in [7, 11) is 0. The summed E-state index contributed by atoms with van der Waals surface area (Å²) in [6.07, 6.45) is 0. The molecule has 0 saturated heterocycles. The van der Waals surface area contributed by atoms with Gasteiger partial charge in [-0.2, -0.15) is 10.5 Å². The van der Waals surface area contributed by atoms with Crippen LogP contribution in [0.15, 0.2) is 28.4 Å². The first-order valence-corrected chi connectivity index (χ1v) is 8.58. The molecule has 0 saturated carbocycles. The van der Waals surface area contributed by atoms with Crippen LogP contribution < -0.4 is 4.90 Å².